The maximum Gasteiger partial charge on any atom is 0.317 e. The Morgan fingerprint density at radius 3 is 1.73 bits per heavy atom. The largest absolute Gasteiger partial charge is 0.317 e. The van der Waals surface area contributed by atoms with Crippen molar-refractivity contribution in [2.24, 2.45) is 5.41 Å². The van der Waals surface area contributed by atoms with E-state index in [1.165, 1.54) is 13.8 Å². The molecule has 0 aliphatic heterocycles. The van der Waals surface area contributed by atoms with E-state index >= 15 is 0 Å². The fourth-order valence-electron chi connectivity index (χ4n) is 1.10. The van der Waals surface area contributed by atoms with Crippen molar-refractivity contribution in [2.45, 2.75) is 24.9 Å². The van der Waals surface area contributed by atoms with Gasteiger partial charge in [0.25, 0.3) is 5.13 Å². The van der Waals surface area contributed by atoms with Crippen LogP contribution in [0.3, 0.4) is 0 Å². The van der Waals surface area contributed by atoms with E-state index < -0.39 is 22.0 Å². The van der Waals surface area contributed by atoms with Gasteiger partial charge in [-0.05, 0) is 0 Å². The van der Waals surface area contributed by atoms with Crippen LogP contribution in [0, 0.1) is 5.41 Å². The summed E-state index contributed by atoms with van der Waals surface area (Å²) >= 11 is 5.01. The first kappa shape index (κ1) is 8.91. The second-order valence-corrected chi connectivity index (χ2v) is 3.77. The molecule has 0 radical (unpaired) electrons. The molecule has 0 bridgehead atoms. The molecule has 1 rings (SSSR count). The molecule has 0 amide bonds. The monoisotopic (exact) mass is 184 g/mol. The lowest BCUT2D eigenvalue weighted by molar-refractivity contribution is -0.180. The van der Waals surface area contributed by atoms with Crippen molar-refractivity contribution in [2.75, 3.05) is 0 Å². The molecule has 1 atom stereocenters. The SMILES string of the molecule is C=C1C(C)(C)C(F)(Cl)C1(F)F. The Hall–Kier alpha value is -0.180. The van der Waals surface area contributed by atoms with Crippen molar-refractivity contribution < 1.29 is 13.2 Å². The van der Waals surface area contributed by atoms with Gasteiger partial charge in [-0.15, -0.1) is 0 Å². The van der Waals surface area contributed by atoms with Crippen LogP contribution in [0.15, 0.2) is 12.2 Å². The van der Waals surface area contributed by atoms with Gasteiger partial charge in [0.05, 0.1) is 0 Å². The topological polar surface area (TPSA) is 0 Å². The van der Waals surface area contributed by atoms with Crippen molar-refractivity contribution in [1.29, 1.82) is 0 Å². The summed E-state index contributed by atoms with van der Waals surface area (Å²) < 4.78 is 38.2. The molecule has 1 fully saturated rings. The predicted octanol–water partition coefficient (Wildman–Crippen LogP) is 3.12. The van der Waals surface area contributed by atoms with Crippen LogP contribution in [0.4, 0.5) is 13.2 Å². The fourth-order valence-corrected chi connectivity index (χ4v) is 1.33. The number of hydrogen-bond donors (Lipinski definition) is 0. The van der Waals surface area contributed by atoms with Crippen LogP contribution in [0.1, 0.15) is 13.8 Å². The van der Waals surface area contributed by atoms with Crippen LogP contribution < -0.4 is 0 Å². The molecule has 0 aromatic carbocycles. The Morgan fingerprint density at radius 2 is 1.64 bits per heavy atom. The van der Waals surface area contributed by atoms with E-state index in [0.717, 1.165) is 0 Å². The van der Waals surface area contributed by atoms with E-state index in [-0.39, 0.29) is 0 Å². The van der Waals surface area contributed by atoms with Gasteiger partial charge in [0, 0.05) is 11.0 Å². The molecule has 1 aliphatic carbocycles. The molecular formula is C7H8ClF3. The Bertz CT molecular complexity index is 198. The molecule has 1 aliphatic rings. The minimum Gasteiger partial charge on any atom is -0.218 e. The van der Waals surface area contributed by atoms with Gasteiger partial charge < -0.3 is 0 Å². The second kappa shape index (κ2) is 1.76. The lowest BCUT2D eigenvalue weighted by Gasteiger charge is -2.53. The zero-order valence-corrected chi connectivity index (χ0v) is 6.97. The van der Waals surface area contributed by atoms with Gasteiger partial charge in [-0.1, -0.05) is 32.0 Å². The van der Waals surface area contributed by atoms with Gasteiger partial charge >= 0.3 is 5.92 Å². The Kier molecular flexibility index (Phi) is 1.43. The molecule has 1 unspecified atom stereocenters. The van der Waals surface area contributed by atoms with Crippen molar-refractivity contribution in [3.8, 4) is 0 Å². The molecule has 0 saturated heterocycles. The van der Waals surface area contributed by atoms with Crippen LogP contribution in [-0.2, 0) is 0 Å². The highest BCUT2D eigenvalue weighted by molar-refractivity contribution is 6.25. The molecule has 64 valence electrons. The Balaban J connectivity index is 3.08. The zero-order chi connectivity index (χ0) is 9.08. The van der Waals surface area contributed by atoms with Crippen LogP contribution in [0.5, 0.6) is 0 Å². The predicted molar refractivity (Wildman–Crippen MR) is 37.6 cm³/mol. The van der Waals surface area contributed by atoms with E-state index in [1.807, 2.05) is 0 Å². The number of alkyl halides is 4. The summed E-state index contributed by atoms with van der Waals surface area (Å²) in [5.41, 5.74) is -1.78. The maximum absolute atomic E-state index is 13.0. The van der Waals surface area contributed by atoms with Crippen molar-refractivity contribution in [1.82, 2.24) is 0 Å². The van der Waals surface area contributed by atoms with Crippen LogP contribution in [0.2, 0.25) is 0 Å². The molecule has 0 heterocycles. The third-order valence-electron chi connectivity index (χ3n) is 2.31. The van der Waals surface area contributed by atoms with Gasteiger partial charge in [-0.3, -0.25) is 0 Å². The normalized spacial score (nSPS) is 40.0. The molecule has 1 saturated carbocycles. The highest BCUT2D eigenvalue weighted by Gasteiger charge is 2.77. The first-order valence-electron chi connectivity index (χ1n) is 3.11. The number of halogens is 4. The van der Waals surface area contributed by atoms with Crippen LogP contribution in [0.25, 0.3) is 0 Å². The number of rotatable bonds is 0. The van der Waals surface area contributed by atoms with Crippen molar-refractivity contribution in [3.63, 3.8) is 0 Å². The highest BCUT2D eigenvalue weighted by atomic mass is 35.5. The molecule has 0 aromatic heterocycles. The summed E-state index contributed by atoms with van der Waals surface area (Å²) in [6.07, 6.45) is 0. The third kappa shape index (κ3) is 0.675. The first-order valence-corrected chi connectivity index (χ1v) is 3.49. The molecule has 0 N–H and O–H groups in total. The molecule has 0 aromatic rings. The van der Waals surface area contributed by atoms with Crippen molar-refractivity contribution in [3.05, 3.63) is 12.2 Å². The second-order valence-electron chi connectivity index (χ2n) is 3.25. The van der Waals surface area contributed by atoms with Crippen LogP contribution in [-0.4, -0.2) is 11.1 Å². The Morgan fingerprint density at radius 1 is 1.27 bits per heavy atom. The minimum absolute atomic E-state index is 0.442. The van der Waals surface area contributed by atoms with Gasteiger partial charge in [-0.25, -0.2) is 4.39 Å². The van der Waals surface area contributed by atoms with E-state index in [9.17, 15) is 13.2 Å². The third-order valence-corrected chi connectivity index (χ3v) is 3.02. The smallest absolute Gasteiger partial charge is 0.218 e. The maximum atomic E-state index is 13.0. The van der Waals surface area contributed by atoms with E-state index in [2.05, 4.69) is 6.58 Å². The average Bonchev–Trinajstić information content (AvgIpc) is 1.84. The van der Waals surface area contributed by atoms with E-state index in [0.29, 0.717) is 0 Å². The van der Waals surface area contributed by atoms with Gasteiger partial charge in [0.1, 0.15) is 0 Å². The summed E-state index contributed by atoms with van der Waals surface area (Å²) in [4.78, 5) is 0. The lowest BCUT2D eigenvalue weighted by Crippen LogP contribution is -2.65. The van der Waals surface area contributed by atoms with Crippen LogP contribution >= 0.6 is 11.6 Å². The quantitative estimate of drug-likeness (QED) is 0.401. The minimum atomic E-state index is -3.59. The fraction of sp³-hybridized carbons (Fsp3) is 0.714. The molecule has 11 heavy (non-hydrogen) atoms. The highest BCUT2D eigenvalue weighted by Crippen LogP contribution is 2.66. The molecular weight excluding hydrogens is 177 g/mol. The summed E-state index contributed by atoms with van der Waals surface area (Å²) in [6, 6.07) is 0. The van der Waals surface area contributed by atoms with Crippen molar-refractivity contribution >= 4 is 11.6 Å². The summed E-state index contributed by atoms with van der Waals surface area (Å²) in [6.45, 7) is 5.70. The number of allylic oxidation sites excluding steroid dienone is 1. The molecule has 0 spiro atoms. The summed E-state index contributed by atoms with van der Waals surface area (Å²) in [5, 5.41) is -2.98. The standard InChI is InChI=1S/C7H8ClF3/c1-4-5(2,3)7(8,11)6(4,9)10/h1H2,2-3H3. The Labute approximate surface area is 68.0 Å². The van der Waals surface area contributed by atoms with Gasteiger partial charge in [0.15, 0.2) is 0 Å². The number of hydrogen-bond acceptors (Lipinski definition) is 0. The zero-order valence-electron chi connectivity index (χ0n) is 6.22. The molecule has 4 heteroatoms. The van der Waals surface area contributed by atoms with Gasteiger partial charge in [0.2, 0.25) is 0 Å². The van der Waals surface area contributed by atoms with E-state index in [1.54, 1.807) is 0 Å². The average molecular weight is 185 g/mol. The summed E-state index contributed by atoms with van der Waals surface area (Å²) in [7, 11) is 0. The van der Waals surface area contributed by atoms with E-state index in [4.69, 9.17) is 11.6 Å². The first-order chi connectivity index (χ1) is 4.65. The summed E-state index contributed by atoms with van der Waals surface area (Å²) in [5.74, 6) is -3.59. The molecule has 0 nitrogen and oxygen atoms in total. The van der Waals surface area contributed by atoms with Gasteiger partial charge in [-0.2, -0.15) is 8.78 Å². The lowest BCUT2D eigenvalue weighted by atomic mass is 9.62.